The van der Waals surface area contributed by atoms with E-state index >= 15 is 0 Å². The van der Waals surface area contributed by atoms with E-state index in [9.17, 15) is 4.79 Å². The van der Waals surface area contributed by atoms with Crippen molar-refractivity contribution in [2.24, 2.45) is 5.73 Å². The van der Waals surface area contributed by atoms with Crippen LogP contribution in [0.15, 0.2) is 0 Å². The molecule has 0 saturated carbocycles. The SMILES string of the molecule is CCCCCOC(=O)CCCCCCN. The number of hydrogen-bond acceptors (Lipinski definition) is 3. The van der Waals surface area contributed by atoms with Crippen molar-refractivity contribution in [2.75, 3.05) is 13.2 Å². The minimum Gasteiger partial charge on any atom is -0.466 e. The van der Waals surface area contributed by atoms with Gasteiger partial charge in [0.15, 0.2) is 0 Å². The molecule has 0 saturated heterocycles. The highest BCUT2D eigenvalue weighted by atomic mass is 16.5. The van der Waals surface area contributed by atoms with E-state index in [1.807, 2.05) is 0 Å². The van der Waals surface area contributed by atoms with Crippen LogP contribution >= 0.6 is 0 Å². The molecule has 0 aromatic heterocycles. The molecule has 15 heavy (non-hydrogen) atoms. The van der Waals surface area contributed by atoms with E-state index in [4.69, 9.17) is 10.5 Å². The van der Waals surface area contributed by atoms with Crippen LogP contribution in [-0.4, -0.2) is 19.1 Å². The Kier molecular flexibility index (Phi) is 11.1. The second-order valence-corrected chi connectivity index (χ2v) is 3.88. The van der Waals surface area contributed by atoms with E-state index in [2.05, 4.69) is 6.92 Å². The number of ether oxygens (including phenoxy) is 1. The summed E-state index contributed by atoms with van der Waals surface area (Å²) >= 11 is 0. The van der Waals surface area contributed by atoms with E-state index < -0.39 is 0 Å². The van der Waals surface area contributed by atoms with Gasteiger partial charge in [0.05, 0.1) is 6.61 Å². The second kappa shape index (κ2) is 11.5. The van der Waals surface area contributed by atoms with Gasteiger partial charge >= 0.3 is 5.97 Å². The predicted octanol–water partition coefficient (Wildman–Crippen LogP) is 2.63. The molecule has 0 bridgehead atoms. The largest absolute Gasteiger partial charge is 0.466 e. The van der Waals surface area contributed by atoms with Crippen LogP contribution in [0.5, 0.6) is 0 Å². The number of esters is 1. The Labute approximate surface area is 93.4 Å². The molecule has 2 N–H and O–H groups in total. The van der Waals surface area contributed by atoms with Gasteiger partial charge in [-0.2, -0.15) is 0 Å². The Morgan fingerprint density at radius 1 is 1.07 bits per heavy atom. The van der Waals surface area contributed by atoms with Crippen LogP contribution in [0.2, 0.25) is 0 Å². The number of hydrogen-bond donors (Lipinski definition) is 1. The smallest absolute Gasteiger partial charge is 0.305 e. The van der Waals surface area contributed by atoms with Crippen LogP contribution in [0.25, 0.3) is 0 Å². The third-order valence-electron chi connectivity index (χ3n) is 2.35. The van der Waals surface area contributed by atoms with Gasteiger partial charge in [-0.1, -0.05) is 32.6 Å². The zero-order valence-corrected chi connectivity index (χ0v) is 9.96. The summed E-state index contributed by atoms with van der Waals surface area (Å²) in [5, 5.41) is 0. The fourth-order valence-electron chi connectivity index (χ4n) is 1.38. The molecule has 0 atom stereocenters. The summed E-state index contributed by atoms with van der Waals surface area (Å²) < 4.78 is 5.09. The van der Waals surface area contributed by atoms with Crippen molar-refractivity contribution in [3.05, 3.63) is 0 Å². The first-order valence-corrected chi connectivity index (χ1v) is 6.17. The van der Waals surface area contributed by atoms with E-state index in [0.717, 1.165) is 51.5 Å². The summed E-state index contributed by atoms with van der Waals surface area (Å²) in [4.78, 5) is 11.2. The van der Waals surface area contributed by atoms with Crippen molar-refractivity contribution in [1.29, 1.82) is 0 Å². The predicted molar refractivity (Wildman–Crippen MR) is 62.6 cm³/mol. The van der Waals surface area contributed by atoms with Crippen LogP contribution in [0.1, 0.15) is 58.3 Å². The maximum absolute atomic E-state index is 11.2. The molecule has 90 valence electrons. The van der Waals surface area contributed by atoms with Crippen molar-refractivity contribution in [1.82, 2.24) is 0 Å². The topological polar surface area (TPSA) is 52.3 Å². The molecule has 0 radical (unpaired) electrons. The van der Waals surface area contributed by atoms with E-state index in [0.29, 0.717) is 13.0 Å². The average Bonchev–Trinajstić information content (AvgIpc) is 2.24. The van der Waals surface area contributed by atoms with Gasteiger partial charge in [0.25, 0.3) is 0 Å². The van der Waals surface area contributed by atoms with Crippen molar-refractivity contribution >= 4 is 5.97 Å². The first kappa shape index (κ1) is 14.4. The molecule has 0 heterocycles. The molecule has 0 aromatic carbocycles. The molecular formula is C12H25NO2. The summed E-state index contributed by atoms with van der Waals surface area (Å²) in [6, 6.07) is 0. The Hall–Kier alpha value is -0.570. The molecule has 0 aliphatic carbocycles. The number of nitrogens with two attached hydrogens (primary N) is 1. The zero-order valence-electron chi connectivity index (χ0n) is 9.96. The fraction of sp³-hybridized carbons (Fsp3) is 0.917. The Morgan fingerprint density at radius 3 is 2.47 bits per heavy atom. The number of rotatable bonds is 10. The minimum absolute atomic E-state index is 0.0427. The van der Waals surface area contributed by atoms with E-state index in [-0.39, 0.29) is 5.97 Å². The lowest BCUT2D eigenvalue weighted by atomic mass is 10.1. The van der Waals surface area contributed by atoms with Crippen LogP contribution in [-0.2, 0) is 9.53 Å². The zero-order chi connectivity index (χ0) is 11.4. The third-order valence-corrected chi connectivity index (χ3v) is 2.35. The highest BCUT2D eigenvalue weighted by Crippen LogP contribution is 2.04. The van der Waals surface area contributed by atoms with E-state index in [1.54, 1.807) is 0 Å². The molecule has 0 aromatic rings. The molecule has 3 nitrogen and oxygen atoms in total. The molecular weight excluding hydrogens is 190 g/mol. The molecule has 0 aliphatic heterocycles. The molecule has 0 spiro atoms. The summed E-state index contributed by atoms with van der Waals surface area (Å²) in [7, 11) is 0. The van der Waals surface area contributed by atoms with Crippen molar-refractivity contribution in [2.45, 2.75) is 58.3 Å². The standard InChI is InChI=1S/C12H25NO2/c1-2-3-8-11-15-12(14)9-6-4-5-7-10-13/h2-11,13H2,1H3. The Bertz CT molecular complexity index is 149. The first-order chi connectivity index (χ1) is 7.31. The second-order valence-electron chi connectivity index (χ2n) is 3.88. The van der Waals surface area contributed by atoms with Gasteiger partial charge in [-0.05, 0) is 25.8 Å². The van der Waals surface area contributed by atoms with Crippen LogP contribution in [0.4, 0.5) is 0 Å². The van der Waals surface area contributed by atoms with Gasteiger partial charge in [-0.3, -0.25) is 4.79 Å². The monoisotopic (exact) mass is 215 g/mol. The molecule has 0 aliphatic rings. The highest BCUT2D eigenvalue weighted by molar-refractivity contribution is 5.69. The quantitative estimate of drug-likeness (QED) is 0.450. The normalized spacial score (nSPS) is 10.3. The molecule has 0 rings (SSSR count). The lowest BCUT2D eigenvalue weighted by Gasteiger charge is -2.03. The van der Waals surface area contributed by atoms with Crippen LogP contribution in [0, 0.1) is 0 Å². The molecule has 0 fully saturated rings. The average molecular weight is 215 g/mol. The van der Waals surface area contributed by atoms with Crippen molar-refractivity contribution < 1.29 is 9.53 Å². The molecule has 0 amide bonds. The van der Waals surface area contributed by atoms with Gasteiger partial charge in [-0.15, -0.1) is 0 Å². The summed E-state index contributed by atoms with van der Waals surface area (Å²) in [5.74, 6) is -0.0427. The lowest BCUT2D eigenvalue weighted by molar-refractivity contribution is -0.143. The number of carbonyl (C=O) groups excluding carboxylic acids is 1. The van der Waals surface area contributed by atoms with Gasteiger partial charge < -0.3 is 10.5 Å². The maximum atomic E-state index is 11.2. The number of carbonyl (C=O) groups is 1. The highest BCUT2D eigenvalue weighted by Gasteiger charge is 2.01. The Balaban J connectivity index is 3.11. The Morgan fingerprint density at radius 2 is 1.80 bits per heavy atom. The van der Waals surface area contributed by atoms with Crippen LogP contribution < -0.4 is 5.73 Å². The van der Waals surface area contributed by atoms with Gasteiger partial charge in [0, 0.05) is 6.42 Å². The fourth-order valence-corrected chi connectivity index (χ4v) is 1.38. The molecule has 0 unspecified atom stereocenters. The van der Waals surface area contributed by atoms with Gasteiger partial charge in [0.2, 0.25) is 0 Å². The lowest BCUT2D eigenvalue weighted by Crippen LogP contribution is -2.05. The number of unbranched alkanes of at least 4 members (excludes halogenated alkanes) is 5. The summed E-state index contributed by atoms with van der Waals surface area (Å²) in [5.41, 5.74) is 5.37. The van der Waals surface area contributed by atoms with Crippen LogP contribution in [0.3, 0.4) is 0 Å². The first-order valence-electron chi connectivity index (χ1n) is 6.17. The van der Waals surface area contributed by atoms with Crippen molar-refractivity contribution in [3.63, 3.8) is 0 Å². The van der Waals surface area contributed by atoms with Gasteiger partial charge in [-0.25, -0.2) is 0 Å². The third kappa shape index (κ3) is 11.4. The van der Waals surface area contributed by atoms with E-state index in [1.165, 1.54) is 0 Å². The van der Waals surface area contributed by atoms with Crippen molar-refractivity contribution in [3.8, 4) is 0 Å². The molecule has 3 heteroatoms. The van der Waals surface area contributed by atoms with Gasteiger partial charge in [0.1, 0.15) is 0 Å². The summed E-state index contributed by atoms with van der Waals surface area (Å²) in [6.45, 7) is 3.48. The minimum atomic E-state index is -0.0427. The maximum Gasteiger partial charge on any atom is 0.305 e. The summed E-state index contributed by atoms with van der Waals surface area (Å²) in [6.07, 6.45) is 8.07.